The molecule has 0 radical (unpaired) electrons. The molecule has 1 amide bonds. The third-order valence-electron chi connectivity index (χ3n) is 8.91. The molecule has 0 spiro atoms. The molecule has 12 heteroatoms. The normalized spacial score (nSPS) is 20.7. The van der Waals surface area contributed by atoms with Gasteiger partial charge in [-0.1, -0.05) is 24.3 Å². The van der Waals surface area contributed by atoms with E-state index in [1.54, 1.807) is 30.2 Å². The van der Waals surface area contributed by atoms with Crippen molar-refractivity contribution in [3.8, 4) is 5.88 Å². The molecule has 3 aromatic rings. The van der Waals surface area contributed by atoms with E-state index in [2.05, 4.69) is 24.8 Å². The minimum atomic E-state index is -4.22. The molecule has 0 bridgehead atoms. The Morgan fingerprint density at radius 2 is 1.80 bits per heavy atom. The number of imidazole rings is 1. The Morgan fingerprint density at radius 3 is 2.43 bits per heavy atom. The first-order valence-corrected chi connectivity index (χ1v) is 15.0. The van der Waals surface area contributed by atoms with Crippen LogP contribution in [0.1, 0.15) is 46.9 Å². The van der Waals surface area contributed by atoms with E-state index in [9.17, 15) is 18.0 Å². The van der Waals surface area contributed by atoms with Crippen LogP contribution < -0.4 is 4.74 Å². The third kappa shape index (κ3) is 6.81. The number of allylic oxidation sites excluding steroid dienone is 2. The summed E-state index contributed by atoms with van der Waals surface area (Å²) >= 11 is 0. The molecular formula is C32H36F4N6O2. The Kier molecular flexibility index (Phi) is 8.73. The van der Waals surface area contributed by atoms with Crippen LogP contribution in [-0.2, 0) is 6.54 Å². The van der Waals surface area contributed by atoms with Crippen molar-refractivity contribution >= 4 is 16.9 Å². The number of alkyl halides is 3. The predicted octanol–water partition coefficient (Wildman–Crippen LogP) is 5.31. The van der Waals surface area contributed by atoms with Gasteiger partial charge in [0, 0.05) is 57.6 Å². The second-order valence-electron chi connectivity index (χ2n) is 11.8. The number of nitrogens with one attached hydrogen (secondary N) is 1. The number of halogens is 4. The molecule has 234 valence electrons. The van der Waals surface area contributed by atoms with Gasteiger partial charge < -0.3 is 14.6 Å². The highest BCUT2D eigenvalue weighted by Crippen LogP contribution is 2.34. The lowest BCUT2D eigenvalue weighted by molar-refractivity contribution is -0.160. The van der Waals surface area contributed by atoms with Gasteiger partial charge in [0.2, 0.25) is 5.88 Å². The number of piperidine rings is 1. The van der Waals surface area contributed by atoms with E-state index < -0.39 is 12.1 Å². The molecule has 6 rings (SSSR count). The van der Waals surface area contributed by atoms with E-state index in [0.717, 1.165) is 43.6 Å². The van der Waals surface area contributed by atoms with Crippen LogP contribution in [0.4, 0.5) is 17.6 Å². The van der Waals surface area contributed by atoms with Gasteiger partial charge in [0.05, 0.1) is 24.1 Å². The molecule has 2 saturated heterocycles. The lowest BCUT2D eigenvalue weighted by Gasteiger charge is -2.34. The van der Waals surface area contributed by atoms with Crippen molar-refractivity contribution in [1.82, 2.24) is 29.7 Å². The van der Waals surface area contributed by atoms with Crippen LogP contribution in [0.3, 0.4) is 0 Å². The molecule has 1 aromatic carbocycles. The van der Waals surface area contributed by atoms with Crippen molar-refractivity contribution in [3.63, 3.8) is 0 Å². The van der Waals surface area contributed by atoms with Crippen molar-refractivity contribution < 1.29 is 27.1 Å². The number of pyridine rings is 1. The summed E-state index contributed by atoms with van der Waals surface area (Å²) < 4.78 is 59.1. The third-order valence-corrected chi connectivity index (χ3v) is 8.91. The van der Waals surface area contributed by atoms with Crippen molar-refractivity contribution in [2.45, 2.75) is 37.9 Å². The molecular weight excluding hydrogens is 576 g/mol. The second kappa shape index (κ2) is 12.7. The van der Waals surface area contributed by atoms with Gasteiger partial charge in [0.1, 0.15) is 5.82 Å². The zero-order valence-electron chi connectivity index (χ0n) is 24.6. The van der Waals surface area contributed by atoms with Gasteiger partial charge in [-0.15, -0.1) is 0 Å². The summed E-state index contributed by atoms with van der Waals surface area (Å²) in [5, 5.41) is 0. The van der Waals surface area contributed by atoms with Crippen molar-refractivity contribution in [3.05, 3.63) is 77.0 Å². The number of ether oxygens (including phenoxy) is 1. The van der Waals surface area contributed by atoms with Crippen LogP contribution in [0.25, 0.3) is 11.0 Å². The highest BCUT2D eigenvalue weighted by Gasteiger charge is 2.38. The predicted molar refractivity (Wildman–Crippen MR) is 158 cm³/mol. The molecule has 1 N–H and O–H groups in total. The van der Waals surface area contributed by atoms with Gasteiger partial charge in [-0.2, -0.15) is 13.2 Å². The molecule has 0 saturated carbocycles. The number of benzene rings is 1. The number of aromatic amines is 1. The summed E-state index contributed by atoms with van der Waals surface area (Å²) in [6, 6.07) is 7.08. The first kappa shape index (κ1) is 30.3. The summed E-state index contributed by atoms with van der Waals surface area (Å²) in [5.41, 5.74) is 3.68. The summed E-state index contributed by atoms with van der Waals surface area (Å²) in [5.74, 6) is -1.12. The zero-order chi connectivity index (χ0) is 30.8. The topological polar surface area (TPSA) is 77.6 Å². The Morgan fingerprint density at radius 1 is 1.05 bits per heavy atom. The summed E-state index contributed by atoms with van der Waals surface area (Å²) in [6.07, 6.45) is 3.66. The highest BCUT2D eigenvalue weighted by molar-refractivity contribution is 5.94. The summed E-state index contributed by atoms with van der Waals surface area (Å²) in [7, 11) is 1.59. The number of amides is 1. The molecule has 1 unspecified atom stereocenters. The number of fused-ring (bicyclic) bond motifs is 1. The smallest absolute Gasteiger partial charge is 0.395 e. The Labute approximate surface area is 253 Å². The van der Waals surface area contributed by atoms with E-state index in [0.29, 0.717) is 55.2 Å². The van der Waals surface area contributed by atoms with E-state index in [4.69, 9.17) is 4.74 Å². The lowest BCUT2D eigenvalue weighted by Crippen LogP contribution is -2.49. The number of rotatable bonds is 7. The lowest BCUT2D eigenvalue weighted by atomic mass is 9.88. The van der Waals surface area contributed by atoms with E-state index in [1.807, 2.05) is 18.3 Å². The van der Waals surface area contributed by atoms with Crippen LogP contribution in [-0.4, -0.2) is 94.7 Å². The molecule has 4 heterocycles. The molecule has 44 heavy (non-hydrogen) atoms. The molecule has 2 fully saturated rings. The number of likely N-dealkylation sites (tertiary alicyclic amines) is 1. The molecule has 2 aromatic heterocycles. The van der Waals surface area contributed by atoms with Gasteiger partial charge in [-0.05, 0) is 61.0 Å². The van der Waals surface area contributed by atoms with Crippen LogP contribution >= 0.6 is 0 Å². The molecule has 3 aliphatic rings. The van der Waals surface area contributed by atoms with Crippen molar-refractivity contribution in [2.75, 3.05) is 52.9 Å². The number of carbonyl (C=O) groups is 1. The van der Waals surface area contributed by atoms with Crippen molar-refractivity contribution in [2.24, 2.45) is 5.92 Å². The maximum absolute atomic E-state index is 15.2. The molecule has 8 nitrogen and oxygen atoms in total. The van der Waals surface area contributed by atoms with Crippen LogP contribution in [0.15, 0.2) is 54.3 Å². The Balaban J connectivity index is 1.02. The Bertz CT molecular complexity index is 1530. The number of hydrogen-bond donors (Lipinski definition) is 1. The average molecular weight is 613 g/mol. The van der Waals surface area contributed by atoms with Gasteiger partial charge in [-0.25, -0.2) is 14.4 Å². The van der Waals surface area contributed by atoms with Crippen LogP contribution in [0.5, 0.6) is 5.88 Å². The largest absolute Gasteiger partial charge is 0.481 e. The fourth-order valence-electron chi connectivity index (χ4n) is 6.29. The monoisotopic (exact) mass is 612 g/mol. The quantitative estimate of drug-likeness (QED) is 0.365. The molecule has 2 aliphatic heterocycles. The number of nitrogens with zero attached hydrogens (tertiary/aromatic N) is 5. The summed E-state index contributed by atoms with van der Waals surface area (Å²) in [6.45, 7) is 5.17. The number of H-pyrrole nitrogens is 1. The Hall–Kier alpha value is -3.77. The van der Waals surface area contributed by atoms with Gasteiger partial charge >= 0.3 is 6.18 Å². The fraction of sp³-hybridized carbons (Fsp3) is 0.469. The first-order chi connectivity index (χ1) is 21.2. The van der Waals surface area contributed by atoms with E-state index in [-0.39, 0.29) is 29.9 Å². The summed E-state index contributed by atoms with van der Waals surface area (Å²) in [4.78, 5) is 31.3. The van der Waals surface area contributed by atoms with Gasteiger partial charge in [0.15, 0.2) is 5.82 Å². The number of aromatic nitrogens is 3. The fourth-order valence-corrected chi connectivity index (χ4v) is 6.29. The number of methoxy groups -OCH3 is 1. The average Bonchev–Trinajstić information content (AvgIpc) is 3.44. The van der Waals surface area contributed by atoms with Gasteiger partial charge in [0.25, 0.3) is 5.91 Å². The zero-order valence-corrected chi connectivity index (χ0v) is 24.6. The van der Waals surface area contributed by atoms with E-state index in [1.165, 1.54) is 12.1 Å². The standard InChI is InChI=1S/C32H36F4N6O2/c1-44-29-7-4-22(18-37-29)20-40-10-8-23(9-11-40)25-16-27-28(17-26(25)33)39-30(38-27)31(43)42-14-12-41(13-15-42)19-21-2-5-24(6-3-21)32(34,35)36/h2-5,7,16-18,23-24H,6,8-15,19-20H2,1H3,(H,38,39). The van der Waals surface area contributed by atoms with Crippen molar-refractivity contribution in [1.29, 1.82) is 0 Å². The molecule has 1 aliphatic carbocycles. The number of carbonyl (C=O) groups excluding carboxylic acids is 1. The minimum Gasteiger partial charge on any atom is -0.481 e. The number of hydrogen-bond acceptors (Lipinski definition) is 6. The van der Waals surface area contributed by atoms with Crippen LogP contribution in [0, 0.1) is 11.7 Å². The second-order valence-corrected chi connectivity index (χ2v) is 11.8. The molecule has 1 atom stereocenters. The van der Waals surface area contributed by atoms with Crippen LogP contribution in [0.2, 0.25) is 0 Å². The number of piperazine rings is 1. The van der Waals surface area contributed by atoms with E-state index >= 15 is 4.39 Å². The highest BCUT2D eigenvalue weighted by atomic mass is 19.4. The van der Waals surface area contributed by atoms with Gasteiger partial charge in [-0.3, -0.25) is 14.6 Å². The maximum Gasteiger partial charge on any atom is 0.395 e. The SMILES string of the molecule is COc1ccc(CN2CCC(c3cc4[nH]c(C(=O)N5CCN(CC6=CCC(C(F)(F)F)C=C6)CC5)nc4cc3F)CC2)cn1. The maximum atomic E-state index is 15.2. The first-order valence-electron chi connectivity index (χ1n) is 15.0. The minimum absolute atomic E-state index is 0.0379.